The van der Waals surface area contributed by atoms with E-state index in [1.807, 2.05) is 0 Å². The molecule has 1 unspecified atom stereocenters. The van der Waals surface area contributed by atoms with E-state index in [4.69, 9.17) is 16.3 Å². The number of ether oxygens (including phenoxy) is 1. The Kier molecular flexibility index (Phi) is 7.41. The van der Waals surface area contributed by atoms with Gasteiger partial charge in [-0.1, -0.05) is 41.9 Å². The SMILES string of the molecule is C=CCNS(=O)(=O)Cc1ccc(NC(=O)C(C)Oc2ccccc2Cl)cc1. The first kappa shape index (κ1) is 21.0. The first-order valence-electron chi connectivity index (χ1n) is 8.20. The number of halogens is 1. The van der Waals surface area contributed by atoms with Gasteiger partial charge in [0.2, 0.25) is 10.0 Å². The van der Waals surface area contributed by atoms with E-state index in [1.54, 1.807) is 55.5 Å². The Morgan fingerprint density at radius 3 is 2.52 bits per heavy atom. The Hall–Kier alpha value is -2.35. The number of anilines is 1. The van der Waals surface area contributed by atoms with Crippen LogP contribution in [0, 0.1) is 0 Å². The van der Waals surface area contributed by atoms with Gasteiger partial charge in [-0.3, -0.25) is 4.79 Å². The van der Waals surface area contributed by atoms with Crippen molar-refractivity contribution in [3.8, 4) is 5.75 Å². The predicted molar refractivity (Wildman–Crippen MR) is 107 cm³/mol. The van der Waals surface area contributed by atoms with E-state index in [0.29, 0.717) is 22.0 Å². The van der Waals surface area contributed by atoms with Crippen LogP contribution in [0.4, 0.5) is 5.69 Å². The van der Waals surface area contributed by atoms with Crippen LogP contribution < -0.4 is 14.8 Å². The number of rotatable bonds is 9. The molecule has 0 spiro atoms. The lowest BCUT2D eigenvalue weighted by atomic mass is 10.2. The molecule has 0 aliphatic carbocycles. The minimum Gasteiger partial charge on any atom is -0.479 e. The monoisotopic (exact) mass is 408 g/mol. The van der Waals surface area contributed by atoms with Gasteiger partial charge in [0.05, 0.1) is 10.8 Å². The van der Waals surface area contributed by atoms with E-state index in [1.165, 1.54) is 6.08 Å². The van der Waals surface area contributed by atoms with E-state index >= 15 is 0 Å². The van der Waals surface area contributed by atoms with E-state index in [2.05, 4.69) is 16.6 Å². The molecule has 0 saturated heterocycles. The second kappa shape index (κ2) is 9.55. The summed E-state index contributed by atoms with van der Waals surface area (Å²) >= 11 is 6.02. The zero-order valence-electron chi connectivity index (χ0n) is 14.8. The number of carbonyl (C=O) groups is 1. The van der Waals surface area contributed by atoms with Crippen LogP contribution in [-0.2, 0) is 20.6 Å². The molecule has 0 radical (unpaired) electrons. The van der Waals surface area contributed by atoms with Gasteiger partial charge in [0, 0.05) is 12.2 Å². The maximum atomic E-state index is 12.3. The molecule has 0 aliphatic rings. The molecule has 1 amide bonds. The third-order valence-corrected chi connectivity index (χ3v) is 5.17. The largest absolute Gasteiger partial charge is 0.479 e. The third kappa shape index (κ3) is 6.71. The van der Waals surface area contributed by atoms with Crippen molar-refractivity contribution in [3.05, 3.63) is 71.8 Å². The molecule has 8 heteroatoms. The van der Waals surface area contributed by atoms with Gasteiger partial charge in [-0.05, 0) is 36.8 Å². The van der Waals surface area contributed by atoms with Gasteiger partial charge < -0.3 is 10.1 Å². The maximum absolute atomic E-state index is 12.3. The molecule has 144 valence electrons. The third-order valence-electron chi connectivity index (χ3n) is 3.54. The van der Waals surface area contributed by atoms with Gasteiger partial charge in [0.15, 0.2) is 6.10 Å². The van der Waals surface area contributed by atoms with Crippen molar-refractivity contribution in [3.63, 3.8) is 0 Å². The highest BCUT2D eigenvalue weighted by molar-refractivity contribution is 7.88. The average Bonchev–Trinajstić information content (AvgIpc) is 2.63. The van der Waals surface area contributed by atoms with E-state index in [-0.39, 0.29) is 18.2 Å². The van der Waals surface area contributed by atoms with Crippen molar-refractivity contribution >= 4 is 33.2 Å². The molecule has 27 heavy (non-hydrogen) atoms. The number of benzene rings is 2. The van der Waals surface area contributed by atoms with Crippen LogP contribution in [0.3, 0.4) is 0 Å². The summed E-state index contributed by atoms with van der Waals surface area (Å²) in [5.74, 6) is -0.0708. The first-order valence-corrected chi connectivity index (χ1v) is 10.2. The molecule has 2 N–H and O–H groups in total. The van der Waals surface area contributed by atoms with Crippen molar-refractivity contribution < 1.29 is 17.9 Å². The highest BCUT2D eigenvalue weighted by Gasteiger charge is 2.16. The van der Waals surface area contributed by atoms with Crippen molar-refractivity contribution in [2.75, 3.05) is 11.9 Å². The Morgan fingerprint density at radius 2 is 1.89 bits per heavy atom. The van der Waals surface area contributed by atoms with Crippen LogP contribution in [0.25, 0.3) is 0 Å². The Labute approximate surface area is 164 Å². The molecule has 0 heterocycles. The molecule has 0 fully saturated rings. The summed E-state index contributed by atoms with van der Waals surface area (Å²) in [5, 5.41) is 3.14. The second-order valence-electron chi connectivity index (χ2n) is 5.77. The van der Waals surface area contributed by atoms with E-state index in [0.717, 1.165) is 0 Å². The summed E-state index contributed by atoms with van der Waals surface area (Å²) in [6, 6.07) is 13.5. The lowest BCUT2D eigenvalue weighted by Gasteiger charge is -2.15. The number of hydrogen-bond acceptors (Lipinski definition) is 4. The number of amides is 1. The van der Waals surface area contributed by atoms with Crippen LogP contribution >= 0.6 is 11.6 Å². The zero-order valence-corrected chi connectivity index (χ0v) is 16.4. The number of nitrogens with one attached hydrogen (secondary N) is 2. The second-order valence-corrected chi connectivity index (χ2v) is 7.99. The van der Waals surface area contributed by atoms with Crippen molar-refractivity contribution in [1.29, 1.82) is 0 Å². The van der Waals surface area contributed by atoms with Gasteiger partial charge >= 0.3 is 0 Å². The smallest absolute Gasteiger partial charge is 0.265 e. The number of para-hydroxylation sites is 1. The lowest BCUT2D eigenvalue weighted by Crippen LogP contribution is -2.30. The topological polar surface area (TPSA) is 84.5 Å². The molecule has 2 rings (SSSR count). The standard InChI is InChI=1S/C19H21ClN2O4S/c1-3-12-21-27(24,25)13-15-8-10-16(11-9-15)22-19(23)14(2)26-18-7-5-4-6-17(18)20/h3-11,14,21H,1,12-13H2,2H3,(H,22,23). The Balaban J connectivity index is 1.94. The van der Waals surface area contributed by atoms with E-state index < -0.39 is 16.1 Å². The summed E-state index contributed by atoms with van der Waals surface area (Å²) in [6.07, 6.45) is 0.718. The van der Waals surface area contributed by atoms with E-state index in [9.17, 15) is 13.2 Å². The summed E-state index contributed by atoms with van der Waals surface area (Å²) < 4.78 is 31.7. The fourth-order valence-corrected chi connectivity index (χ4v) is 3.45. The van der Waals surface area contributed by atoms with Gasteiger partial charge in [-0.25, -0.2) is 13.1 Å². The molecule has 1 atom stereocenters. The first-order chi connectivity index (χ1) is 12.8. The average molecular weight is 409 g/mol. The molecule has 2 aromatic rings. The molecule has 0 bridgehead atoms. The zero-order chi connectivity index (χ0) is 19.9. The van der Waals surface area contributed by atoms with Crippen LogP contribution in [0.15, 0.2) is 61.2 Å². The normalized spacial score (nSPS) is 12.2. The number of carbonyl (C=O) groups excluding carboxylic acids is 1. The number of sulfonamides is 1. The minimum absolute atomic E-state index is 0.152. The molecular formula is C19H21ClN2O4S. The van der Waals surface area contributed by atoms with Crippen LogP contribution in [0.5, 0.6) is 5.75 Å². The van der Waals surface area contributed by atoms with Gasteiger partial charge in [-0.2, -0.15) is 0 Å². The highest BCUT2D eigenvalue weighted by atomic mass is 35.5. The summed E-state index contributed by atoms with van der Waals surface area (Å²) in [4.78, 5) is 12.3. The maximum Gasteiger partial charge on any atom is 0.265 e. The molecule has 0 saturated carbocycles. The molecular weight excluding hydrogens is 388 g/mol. The van der Waals surface area contributed by atoms with Gasteiger partial charge in [0.25, 0.3) is 5.91 Å². The predicted octanol–water partition coefficient (Wildman–Crippen LogP) is 3.35. The summed E-state index contributed by atoms with van der Waals surface area (Å²) in [6.45, 7) is 5.27. The van der Waals surface area contributed by atoms with Crippen molar-refractivity contribution in [1.82, 2.24) is 4.72 Å². The Morgan fingerprint density at radius 1 is 1.22 bits per heavy atom. The van der Waals surface area contributed by atoms with Crippen LogP contribution in [0.2, 0.25) is 5.02 Å². The molecule has 2 aromatic carbocycles. The highest BCUT2D eigenvalue weighted by Crippen LogP contribution is 2.24. The van der Waals surface area contributed by atoms with Crippen LogP contribution in [-0.4, -0.2) is 27.0 Å². The minimum atomic E-state index is -3.43. The quantitative estimate of drug-likeness (QED) is 0.623. The van der Waals surface area contributed by atoms with Gasteiger partial charge in [-0.15, -0.1) is 6.58 Å². The van der Waals surface area contributed by atoms with Gasteiger partial charge in [0.1, 0.15) is 5.75 Å². The molecule has 6 nitrogen and oxygen atoms in total. The summed E-state index contributed by atoms with van der Waals surface area (Å²) in [5.41, 5.74) is 1.14. The van der Waals surface area contributed by atoms with Crippen molar-refractivity contribution in [2.24, 2.45) is 0 Å². The number of hydrogen-bond donors (Lipinski definition) is 2. The van der Waals surface area contributed by atoms with Crippen molar-refractivity contribution in [2.45, 2.75) is 18.8 Å². The summed E-state index contributed by atoms with van der Waals surface area (Å²) in [7, 11) is -3.43. The fourth-order valence-electron chi connectivity index (χ4n) is 2.17. The fraction of sp³-hybridized carbons (Fsp3) is 0.211. The van der Waals surface area contributed by atoms with Crippen LogP contribution in [0.1, 0.15) is 12.5 Å². The molecule has 0 aliphatic heterocycles. The Bertz CT molecular complexity index is 898. The lowest BCUT2D eigenvalue weighted by molar-refractivity contribution is -0.122. The molecule has 0 aromatic heterocycles.